The standard InChI is InChI=1S/C12H22N4/c1-9-12(10(2)16(4)14-9)8-15(3)11-5-6-13-7-11/h11,13H,5-8H2,1-4H3. The second-order valence-electron chi connectivity index (χ2n) is 4.83. The molecule has 4 nitrogen and oxygen atoms in total. The van der Waals surface area contributed by atoms with Crippen molar-refractivity contribution in [3.63, 3.8) is 0 Å². The van der Waals surface area contributed by atoms with Gasteiger partial charge in [0.25, 0.3) is 0 Å². The Balaban J connectivity index is 2.07. The maximum absolute atomic E-state index is 4.46. The van der Waals surface area contributed by atoms with E-state index >= 15 is 0 Å². The van der Waals surface area contributed by atoms with Crippen molar-refractivity contribution in [2.45, 2.75) is 32.9 Å². The van der Waals surface area contributed by atoms with Gasteiger partial charge in [0.2, 0.25) is 0 Å². The van der Waals surface area contributed by atoms with Crippen LogP contribution in [0.15, 0.2) is 0 Å². The summed E-state index contributed by atoms with van der Waals surface area (Å²) in [5, 5.41) is 7.88. The predicted molar refractivity (Wildman–Crippen MR) is 65.4 cm³/mol. The summed E-state index contributed by atoms with van der Waals surface area (Å²) >= 11 is 0. The zero-order valence-electron chi connectivity index (χ0n) is 10.7. The van der Waals surface area contributed by atoms with Gasteiger partial charge in [-0.3, -0.25) is 9.58 Å². The molecule has 90 valence electrons. The third-order valence-corrected chi connectivity index (χ3v) is 3.72. The molecule has 0 bridgehead atoms. The van der Waals surface area contributed by atoms with E-state index in [0.29, 0.717) is 6.04 Å². The number of likely N-dealkylation sites (N-methyl/N-ethyl adjacent to an activating group) is 1. The Hall–Kier alpha value is -0.870. The largest absolute Gasteiger partial charge is 0.315 e. The number of hydrogen-bond donors (Lipinski definition) is 1. The summed E-state index contributed by atoms with van der Waals surface area (Å²) in [5.41, 5.74) is 3.84. The molecule has 0 spiro atoms. The van der Waals surface area contributed by atoms with Crippen LogP contribution in [0.4, 0.5) is 0 Å². The molecule has 4 heteroatoms. The SMILES string of the molecule is Cc1nn(C)c(C)c1CN(C)C1CCNC1. The molecule has 2 rings (SSSR count). The van der Waals surface area contributed by atoms with Crippen LogP contribution < -0.4 is 5.32 Å². The maximum atomic E-state index is 4.46. The lowest BCUT2D eigenvalue weighted by Gasteiger charge is -2.23. The number of nitrogens with one attached hydrogen (secondary N) is 1. The number of rotatable bonds is 3. The topological polar surface area (TPSA) is 33.1 Å². The van der Waals surface area contributed by atoms with Gasteiger partial charge in [0.1, 0.15) is 0 Å². The van der Waals surface area contributed by atoms with Crippen LogP contribution in [0.1, 0.15) is 23.4 Å². The minimum absolute atomic E-state index is 0.680. The number of nitrogens with zero attached hydrogens (tertiary/aromatic N) is 3. The minimum Gasteiger partial charge on any atom is -0.315 e. The van der Waals surface area contributed by atoms with Crippen LogP contribution in [-0.4, -0.2) is 40.9 Å². The summed E-state index contributed by atoms with van der Waals surface area (Å²) in [5.74, 6) is 0. The summed E-state index contributed by atoms with van der Waals surface area (Å²) in [4.78, 5) is 2.44. The Bertz CT molecular complexity index is 363. The first-order chi connectivity index (χ1) is 7.59. The summed E-state index contributed by atoms with van der Waals surface area (Å²) in [6, 6.07) is 0.680. The van der Waals surface area contributed by atoms with E-state index in [2.05, 4.69) is 36.2 Å². The Morgan fingerprint density at radius 1 is 1.50 bits per heavy atom. The molecule has 1 aliphatic rings. The number of aryl methyl sites for hydroxylation is 2. The highest BCUT2D eigenvalue weighted by Crippen LogP contribution is 2.16. The zero-order chi connectivity index (χ0) is 11.7. The van der Waals surface area contributed by atoms with Crippen LogP contribution in [0.2, 0.25) is 0 Å². The molecule has 1 aliphatic heterocycles. The highest BCUT2D eigenvalue weighted by Gasteiger charge is 2.21. The van der Waals surface area contributed by atoms with Gasteiger partial charge in [-0.15, -0.1) is 0 Å². The summed E-state index contributed by atoms with van der Waals surface area (Å²) in [6.07, 6.45) is 1.26. The molecule has 1 N–H and O–H groups in total. The average Bonchev–Trinajstić information content (AvgIpc) is 2.83. The molecule has 1 saturated heterocycles. The lowest BCUT2D eigenvalue weighted by atomic mass is 10.1. The van der Waals surface area contributed by atoms with E-state index in [1.807, 2.05) is 11.7 Å². The number of hydrogen-bond acceptors (Lipinski definition) is 3. The maximum Gasteiger partial charge on any atom is 0.0641 e. The average molecular weight is 222 g/mol. The van der Waals surface area contributed by atoms with Crippen LogP contribution in [0.3, 0.4) is 0 Å². The first kappa shape index (κ1) is 11.6. The quantitative estimate of drug-likeness (QED) is 0.822. The molecule has 2 heterocycles. The smallest absolute Gasteiger partial charge is 0.0641 e. The lowest BCUT2D eigenvalue weighted by Crippen LogP contribution is -2.33. The van der Waals surface area contributed by atoms with Gasteiger partial charge in [0, 0.05) is 37.4 Å². The van der Waals surface area contributed by atoms with Gasteiger partial charge in [-0.25, -0.2) is 0 Å². The fourth-order valence-electron chi connectivity index (χ4n) is 2.44. The monoisotopic (exact) mass is 222 g/mol. The van der Waals surface area contributed by atoms with Crippen LogP contribution in [0.5, 0.6) is 0 Å². The van der Waals surface area contributed by atoms with Gasteiger partial charge >= 0.3 is 0 Å². The number of aromatic nitrogens is 2. The van der Waals surface area contributed by atoms with Gasteiger partial charge < -0.3 is 5.32 Å². The van der Waals surface area contributed by atoms with Crippen molar-refractivity contribution in [1.82, 2.24) is 20.0 Å². The minimum atomic E-state index is 0.680. The third kappa shape index (κ3) is 2.13. The molecule has 16 heavy (non-hydrogen) atoms. The van der Waals surface area contributed by atoms with Crippen molar-refractivity contribution >= 4 is 0 Å². The molecule has 0 radical (unpaired) electrons. The first-order valence-corrected chi connectivity index (χ1v) is 5.99. The van der Waals surface area contributed by atoms with Crippen LogP contribution in [0, 0.1) is 13.8 Å². The molecule has 1 atom stereocenters. The molecule has 0 aromatic carbocycles. The van der Waals surface area contributed by atoms with E-state index < -0.39 is 0 Å². The van der Waals surface area contributed by atoms with Gasteiger partial charge in [-0.1, -0.05) is 0 Å². The van der Waals surface area contributed by atoms with Crippen molar-refractivity contribution in [2.24, 2.45) is 7.05 Å². The van der Waals surface area contributed by atoms with Gasteiger partial charge in [-0.05, 0) is 33.9 Å². The van der Waals surface area contributed by atoms with Gasteiger partial charge in [-0.2, -0.15) is 5.10 Å². The van der Waals surface area contributed by atoms with Crippen molar-refractivity contribution < 1.29 is 0 Å². The van der Waals surface area contributed by atoms with E-state index in [9.17, 15) is 0 Å². The van der Waals surface area contributed by atoms with Crippen molar-refractivity contribution in [2.75, 3.05) is 20.1 Å². The predicted octanol–water partition coefficient (Wildman–Crippen LogP) is 0.831. The Morgan fingerprint density at radius 3 is 2.75 bits per heavy atom. The highest BCUT2D eigenvalue weighted by atomic mass is 15.3. The Morgan fingerprint density at radius 2 is 2.25 bits per heavy atom. The molecule has 1 aromatic heterocycles. The molecule has 1 fully saturated rings. The van der Waals surface area contributed by atoms with Gasteiger partial charge in [0.05, 0.1) is 5.69 Å². The second-order valence-corrected chi connectivity index (χ2v) is 4.83. The molecule has 1 aromatic rings. The Labute approximate surface area is 97.6 Å². The molecular formula is C12H22N4. The van der Waals surface area contributed by atoms with Crippen LogP contribution >= 0.6 is 0 Å². The van der Waals surface area contributed by atoms with E-state index in [1.165, 1.54) is 17.7 Å². The first-order valence-electron chi connectivity index (χ1n) is 5.99. The summed E-state index contributed by atoms with van der Waals surface area (Å²) in [7, 11) is 4.23. The molecule has 0 amide bonds. The molecule has 0 aliphatic carbocycles. The normalized spacial score (nSPS) is 20.9. The van der Waals surface area contributed by atoms with E-state index in [1.54, 1.807) is 0 Å². The third-order valence-electron chi connectivity index (χ3n) is 3.72. The molecule has 0 saturated carbocycles. The van der Waals surface area contributed by atoms with Gasteiger partial charge in [0.15, 0.2) is 0 Å². The van der Waals surface area contributed by atoms with E-state index in [4.69, 9.17) is 0 Å². The van der Waals surface area contributed by atoms with Crippen molar-refractivity contribution in [1.29, 1.82) is 0 Å². The highest BCUT2D eigenvalue weighted by molar-refractivity contribution is 5.24. The fourth-order valence-corrected chi connectivity index (χ4v) is 2.44. The lowest BCUT2D eigenvalue weighted by molar-refractivity contribution is 0.248. The molecular weight excluding hydrogens is 200 g/mol. The second kappa shape index (κ2) is 4.55. The summed E-state index contributed by atoms with van der Waals surface area (Å²) < 4.78 is 1.98. The van der Waals surface area contributed by atoms with Crippen LogP contribution in [-0.2, 0) is 13.6 Å². The zero-order valence-corrected chi connectivity index (χ0v) is 10.7. The van der Waals surface area contributed by atoms with E-state index in [-0.39, 0.29) is 0 Å². The Kier molecular flexibility index (Phi) is 3.30. The van der Waals surface area contributed by atoms with Crippen LogP contribution in [0.25, 0.3) is 0 Å². The van der Waals surface area contributed by atoms with Crippen molar-refractivity contribution in [3.8, 4) is 0 Å². The van der Waals surface area contributed by atoms with Crippen molar-refractivity contribution in [3.05, 3.63) is 17.0 Å². The van der Waals surface area contributed by atoms with E-state index in [0.717, 1.165) is 25.3 Å². The molecule has 1 unspecified atom stereocenters. The fraction of sp³-hybridized carbons (Fsp3) is 0.750. The summed E-state index contributed by atoms with van der Waals surface area (Å²) in [6.45, 7) is 7.53.